The van der Waals surface area contributed by atoms with Crippen LogP contribution >= 0.6 is 0 Å². The summed E-state index contributed by atoms with van der Waals surface area (Å²) in [5.41, 5.74) is 0.858. The number of nitrogens with zero attached hydrogens (tertiary/aromatic N) is 2. The Morgan fingerprint density at radius 3 is 2.19 bits per heavy atom. The van der Waals surface area contributed by atoms with E-state index in [-0.39, 0.29) is 23.4 Å². The van der Waals surface area contributed by atoms with Crippen LogP contribution in [0.4, 0.5) is 14.5 Å². The molecule has 2 aromatic rings. The van der Waals surface area contributed by atoms with E-state index in [9.17, 15) is 18.4 Å². The quantitative estimate of drug-likeness (QED) is 0.814. The second-order valence-electron chi connectivity index (χ2n) is 6.63. The fraction of sp³-hybridized carbons (Fsp3) is 0.333. The average molecular weight is 372 g/mol. The normalized spacial score (nSPS) is 14.9. The molecule has 1 aliphatic rings. The molecule has 1 saturated heterocycles. The number of amides is 2. The minimum absolute atomic E-state index is 0.00635. The van der Waals surface area contributed by atoms with Crippen LogP contribution in [0.5, 0.6) is 0 Å². The lowest BCUT2D eigenvalue weighted by molar-refractivity contribution is -0.119. The first kappa shape index (κ1) is 19.0. The van der Waals surface area contributed by atoms with E-state index in [2.05, 4.69) is 0 Å². The van der Waals surface area contributed by atoms with Crippen LogP contribution in [-0.2, 0) is 4.79 Å². The van der Waals surface area contributed by atoms with Crippen LogP contribution in [0.3, 0.4) is 0 Å². The van der Waals surface area contributed by atoms with Gasteiger partial charge in [0.1, 0.15) is 11.6 Å². The molecule has 3 rings (SSSR count). The molecule has 0 bridgehead atoms. The molecule has 6 heteroatoms. The Kier molecular flexibility index (Phi) is 5.84. The number of para-hydroxylation sites is 1. The van der Waals surface area contributed by atoms with Gasteiger partial charge >= 0.3 is 0 Å². The van der Waals surface area contributed by atoms with Crippen LogP contribution in [0.15, 0.2) is 48.5 Å². The van der Waals surface area contributed by atoms with Crippen LogP contribution in [0, 0.1) is 11.6 Å². The molecule has 4 nitrogen and oxygen atoms in total. The van der Waals surface area contributed by atoms with Crippen molar-refractivity contribution in [3.63, 3.8) is 0 Å². The summed E-state index contributed by atoms with van der Waals surface area (Å²) in [7, 11) is 0. The zero-order chi connectivity index (χ0) is 19.4. The van der Waals surface area contributed by atoms with Crippen molar-refractivity contribution in [2.75, 3.05) is 18.0 Å². The summed E-state index contributed by atoms with van der Waals surface area (Å²) < 4.78 is 26.8. The lowest BCUT2D eigenvalue weighted by Gasteiger charge is -2.38. The van der Waals surface area contributed by atoms with Crippen LogP contribution < -0.4 is 4.90 Å². The largest absolute Gasteiger partial charge is 0.338 e. The molecule has 0 aliphatic carbocycles. The first-order chi connectivity index (χ1) is 13.0. The van der Waals surface area contributed by atoms with E-state index in [0.717, 1.165) is 23.9 Å². The Hall–Kier alpha value is -2.76. The minimum Gasteiger partial charge on any atom is -0.338 e. The molecule has 0 atom stereocenters. The van der Waals surface area contributed by atoms with E-state index in [1.807, 2.05) is 42.2 Å². The predicted molar refractivity (Wildman–Crippen MR) is 99.5 cm³/mol. The van der Waals surface area contributed by atoms with Crippen molar-refractivity contribution in [2.45, 2.75) is 32.2 Å². The molecular formula is C21H22F2N2O2. The molecule has 1 fully saturated rings. The number of carbonyl (C=O) groups excluding carboxylic acids is 2. The number of hydrogen-bond donors (Lipinski definition) is 0. The van der Waals surface area contributed by atoms with Gasteiger partial charge in [-0.25, -0.2) is 8.78 Å². The molecule has 0 aromatic heterocycles. The molecule has 2 aromatic carbocycles. The van der Waals surface area contributed by atoms with Gasteiger partial charge in [0.15, 0.2) is 0 Å². The summed E-state index contributed by atoms with van der Waals surface area (Å²) in [6.45, 7) is 2.69. The van der Waals surface area contributed by atoms with Gasteiger partial charge in [-0.3, -0.25) is 9.59 Å². The van der Waals surface area contributed by atoms with Crippen LogP contribution in [0.2, 0.25) is 0 Å². The minimum atomic E-state index is -0.767. The lowest BCUT2D eigenvalue weighted by atomic mass is 10.0. The highest BCUT2D eigenvalue weighted by molar-refractivity contribution is 5.95. The van der Waals surface area contributed by atoms with E-state index in [1.54, 1.807) is 4.90 Å². The van der Waals surface area contributed by atoms with Crippen molar-refractivity contribution in [1.29, 1.82) is 0 Å². The third-order valence-electron chi connectivity index (χ3n) is 4.83. The molecule has 0 N–H and O–H groups in total. The molecule has 1 aliphatic heterocycles. The maximum atomic E-state index is 13.4. The maximum Gasteiger partial charge on any atom is 0.254 e. The summed E-state index contributed by atoms with van der Waals surface area (Å²) in [6.07, 6.45) is 1.63. The number of piperidine rings is 1. The Labute approximate surface area is 157 Å². The Morgan fingerprint density at radius 2 is 1.63 bits per heavy atom. The monoisotopic (exact) mass is 372 g/mol. The summed E-state index contributed by atoms with van der Waals surface area (Å²) in [5, 5.41) is 0. The van der Waals surface area contributed by atoms with Crippen molar-refractivity contribution >= 4 is 17.5 Å². The summed E-state index contributed by atoms with van der Waals surface area (Å²) >= 11 is 0. The van der Waals surface area contributed by atoms with Gasteiger partial charge in [-0.2, -0.15) is 0 Å². The Morgan fingerprint density at radius 1 is 1.04 bits per heavy atom. The van der Waals surface area contributed by atoms with Crippen LogP contribution in [-0.4, -0.2) is 35.8 Å². The van der Waals surface area contributed by atoms with Gasteiger partial charge in [0.25, 0.3) is 5.91 Å². The fourth-order valence-electron chi connectivity index (χ4n) is 3.50. The van der Waals surface area contributed by atoms with Gasteiger partial charge < -0.3 is 9.80 Å². The summed E-state index contributed by atoms with van der Waals surface area (Å²) in [4.78, 5) is 28.4. The number of halogens is 2. The Bertz CT molecular complexity index is 798. The van der Waals surface area contributed by atoms with Gasteiger partial charge in [0.05, 0.1) is 0 Å². The zero-order valence-electron chi connectivity index (χ0n) is 15.2. The van der Waals surface area contributed by atoms with Crippen molar-refractivity contribution in [1.82, 2.24) is 4.90 Å². The average Bonchev–Trinajstić information content (AvgIpc) is 2.68. The number of anilines is 1. The standard InChI is InChI=1S/C21H22F2N2O2/c1-2-20(26)25(18-6-4-3-5-7-18)19-8-10-24(11-9-19)21(27)15-12-16(22)14-17(23)13-15/h3-7,12-14,19H,2,8-11H2,1H3. The van der Waals surface area contributed by atoms with E-state index in [4.69, 9.17) is 0 Å². The zero-order valence-corrected chi connectivity index (χ0v) is 15.2. The topological polar surface area (TPSA) is 40.6 Å². The SMILES string of the molecule is CCC(=O)N(c1ccccc1)C1CCN(C(=O)c2cc(F)cc(F)c2)CC1. The Balaban J connectivity index is 1.71. The van der Waals surface area contributed by atoms with Crippen LogP contribution in [0.25, 0.3) is 0 Å². The molecule has 1 heterocycles. The fourth-order valence-corrected chi connectivity index (χ4v) is 3.50. The molecule has 2 amide bonds. The lowest BCUT2D eigenvalue weighted by Crippen LogP contribution is -2.49. The first-order valence-electron chi connectivity index (χ1n) is 9.12. The highest BCUT2D eigenvalue weighted by Crippen LogP contribution is 2.25. The smallest absolute Gasteiger partial charge is 0.254 e. The number of benzene rings is 2. The number of hydrogen-bond acceptors (Lipinski definition) is 2. The second kappa shape index (κ2) is 8.29. The van der Waals surface area contributed by atoms with Gasteiger partial charge in [0.2, 0.25) is 5.91 Å². The predicted octanol–water partition coefficient (Wildman–Crippen LogP) is 4.01. The summed E-state index contributed by atoms with van der Waals surface area (Å²) in [6, 6.07) is 12.3. The molecule has 0 spiro atoms. The third kappa shape index (κ3) is 4.32. The molecule has 0 saturated carbocycles. The number of likely N-dealkylation sites (tertiary alicyclic amines) is 1. The molecule has 0 unspecified atom stereocenters. The molecular weight excluding hydrogens is 350 g/mol. The molecule has 0 radical (unpaired) electrons. The summed E-state index contributed by atoms with van der Waals surface area (Å²) in [5.74, 6) is -1.88. The van der Waals surface area contributed by atoms with Crippen molar-refractivity contribution in [3.05, 3.63) is 65.7 Å². The van der Waals surface area contributed by atoms with E-state index >= 15 is 0 Å². The second-order valence-corrected chi connectivity index (χ2v) is 6.63. The van der Waals surface area contributed by atoms with Crippen LogP contribution in [0.1, 0.15) is 36.5 Å². The highest BCUT2D eigenvalue weighted by atomic mass is 19.1. The van der Waals surface area contributed by atoms with Crippen molar-refractivity contribution < 1.29 is 18.4 Å². The highest BCUT2D eigenvalue weighted by Gasteiger charge is 2.30. The maximum absolute atomic E-state index is 13.4. The van der Waals surface area contributed by atoms with Gasteiger partial charge in [-0.05, 0) is 37.1 Å². The third-order valence-corrected chi connectivity index (χ3v) is 4.83. The van der Waals surface area contributed by atoms with Crippen molar-refractivity contribution in [3.8, 4) is 0 Å². The molecule has 27 heavy (non-hydrogen) atoms. The van der Waals surface area contributed by atoms with Gasteiger partial charge in [-0.1, -0.05) is 25.1 Å². The number of carbonyl (C=O) groups is 2. The van der Waals surface area contributed by atoms with E-state index in [1.165, 1.54) is 0 Å². The van der Waals surface area contributed by atoms with E-state index in [0.29, 0.717) is 32.4 Å². The van der Waals surface area contributed by atoms with Crippen molar-refractivity contribution in [2.24, 2.45) is 0 Å². The van der Waals surface area contributed by atoms with Gasteiger partial charge in [0, 0.05) is 42.9 Å². The molecule has 142 valence electrons. The first-order valence-corrected chi connectivity index (χ1v) is 9.12. The van der Waals surface area contributed by atoms with Gasteiger partial charge in [-0.15, -0.1) is 0 Å². The van der Waals surface area contributed by atoms with E-state index < -0.39 is 11.6 Å². The number of rotatable bonds is 4.